The molecule has 4 heteroatoms. The molecule has 0 fully saturated rings. The average Bonchev–Trinajstić information content (AvgIpc) is 2.31. The molecule has 0 aliphatic heterocycles. The molecule has 0 aliphatic carbocycles. The molecule has 16 heavy (non-hydrogen) atoms. The van der Waals surface area contributed by atoms with Gasteiger partial charge in [0.15, 0.2) is 0 Å². The predicted molar refractivity (Wildman–Crippen MR) is 65.4 cm³/mol. The van der Waals surface area contributed by atoms with Crippen LogP contribution in [0.5, 0.6) is 0 Å². The molecule has 4 nitrogen and oxygen atoms in total. The van der Waals surface area contributed by atoms with Crippen LogP contribution in [0.4, 0.5) is 5.69 Å². The van der Waals surface area contributed by atoms with Crippen LogP contribution in [-0.2, 0) is 4.79 Å². The summed E-state index contributed by atoms with van der Waals surface area (Å²) in [5, 5.41) is 3.02. The summed E-state index contributed by atoms with van der Waals surface area (Å²) in [5.41, 5.74) is 0.324. The highest BCUT2D eigenvalue weighted by atomic mass is 16.2. The number of aromatic nitrogens is 1. The van der Waals surface area contributed by atoms with E-state index < -0.39 is 5.54 Å². The quantitative estimate of drug-likeness (QED) is 0.836. The molecule has 0 radical (unpaired) electrons. The molecule has 1 heterocycles. The number of pyridine rings is 1. The van der Waals surface area contributed by atoms with Crippen LogP contribution in [0.2, 0.25) is 0 Å². The number of nitrogens with zero attached hydrogens (tertiary/aromatic N) is 2. The van der Waals surface area contributed by atoms with Gasteiger partial charge in [-0.2, -0.15) is 0 Å². The number of hydrogen-bond donors (Lipinski definition) is 1. The van der Waals surface area contributed by atoms with Crippen molar-refractivity contribution in [2.45, 2.75) is 26.3 Å². The first-order chi connectivity index (χ1) is 7.53. The van der Waals surface area contributed by atoms with Crippen molar-refractivity contribution in [3.8, 4) is 0 Å². The summed E-state index contributed by atoms with van der Waals surface area (Å²) in [7, 11) is 1.79. The number of carbonyl (C=O) groups excluding carboxylic acids is 1. The Morgan fingerprint density at radius 1 is 1.44 bits per heavy atom. The lowest BCUT2D eigenvalue weighted by Gasteiger charge is -2.30. The summed E-state index contributed by atoms with van der Waals surface area (Å²) in [6.45, 7) is 6.36. The zero-order valence-corrected chi connectivity index (χ0v) is 10.3. The summed E-state index contributed by atoms with van der Waals surface area (Å²) in [4.78, 5) is 18.0. The van der Waals surface area contributed by atoms with E-state index >= 15 is 0 Å². The Hall–Kier alpha value is -1.42. The van der Waals surface area contributed by atoms with Crippen LogP contribution in [0.1, 0.15) is 20.8 Å². The van der Waals surface area contributed by atoms with Gasteiger partial charge in [-0.1, -0.05) is 0 Å². The van der Waals surface area contributed by atoms with E-state index in [0.29, 0.717) is 6.54 Å². The van der Waals surface area contributed by atoms with Gasteiger partial charge in [0, 0.05) is 24.6 Å². The Bertz CT molecular complexity index is 349. The summed E-state index contributed by atoms with van der Waals surface area (Å²) in [6.07, 6.45) is 3.38. The summed E-state index contributed by atoms with van der Waals surface area (Å²) >= 11 is 0. The molecule has 0 bridgehead atoms. The molecule has 0 spiro atoms. The lowest BCUT2D eigenvalue weighted by Crippen LogP contribution is -2.53. The van der Waals surface area contributed by atoms with Crippen LogP contribution in [0.25, 0.3) is 0 Å². The second-order valence-corrected chi connectivity index (χ2v) is 4.13. The van der Waals surface area contributed by atoms with Gasteiger partial charge in [0.05, 0.1) is 5.54 Å². The first kappa shape index (κ1) is 12.6. The average molecular weight is 221 g/mol. The van der Waals surface area contributed by atoms with Crippen LogP contribution in [-0.4, -0.2) is 30.0 Å². The highest BCUT2D eigenvalue weighted by molar-refractivity contribution is 5.99. The highest BCUT2D eigenvalue weighted by Crippen LogP contribution is 2.16. The van der Waals surface area contributed by atoms with Crippen molar-refractivity contribution in [2.24, 2.45) is 0 Å². The lowest BCUT2D eigenvalue weighted by molar-refractivity contribution is -0.123. The van der Waals surface area contributed by atoms with Crippen molar-refractivity contribution in [3.05, 3.63) is 24.5 Å². The SMILES string of the molecule is CCN(C(=O)C(C)(C)NC)c1ccncc1. The summed E-state index contributed by atoms with van der Waals surface area (Å²) in [6, 6.07) is 3.68. The van der Waals surface area contributed by atoms with Gasteiger partial charge in [-0.3, -0.25) is 9.78 Å². The van der Waals surface area contributed by atoms with Crippen LogP contribution in [0.3, 0.4) is 0 Å². The molecule has 1 N–H and O–H groups in total. The van der Waals surface area contributed by atoms with Crippen LogP contribution < -0.4 is 10.2 Å². The Kier molecular flexibility index (Phi) is 4.01. The van der Waals surface area contributed by atoms with Gasteiger partial charge in [0.1, 0.15) is 0 Å². The second kappa shape index (κ2) is 5.07. The van der Waals surface area contributed by atoms with Gasteiger partial charge in [0.25, 0.3) is 0 Å². The second-order valence-electron chi connectivity index (χ2n) is 4.13. The van der Waals surface area contributed by atoms with Crippen molar-refractivity contribution in [1.82, 2.24) is 10.3 Å². The third kappa shape index (κ3) is 2.58. The Morgan fingerprint density at radius 2 is 2.00 bits per heavy atom. The molecule has 0 saturated heterocycles. The van der Waals surface area contributed by atoms with Crippen molar-refractivity contribution in [1.29, 1.82) is 0 Å². The minimum Gasteiger partial charge on any atom is -0.311 e. The predicted octanol–water partition coefficient (Wildman–Crippen LogP) is 1.43. The molecular weight excluding hydrogens is 202 g/mol. The molecular formula is C12H19N3O. The molecule has 0 aromatic carbocycles. The van der Waals surface area contributed by atoms with Gasteiger partial charge < -0.3 is 10.2 Å². The largest absolute Gasteiger partial charge is 0.311 e. The van der Waals surface area contributed by atoms with E-state index in [4.69, 9.17) is 0 Å². The molecule has 0 saturated carbocycles. The Labute approximate surface area is 96.7 Å². The van der Waals surface area contributed by atoms with Crippen molar-refractivity contribution < 1.29 is 4.79 Å². The maximum atomic E-state index is 12.3. The Morgan fingerprint density at radius 3 is 2.44 bits per heavy atom. The number of rotatable bonds is 4. The van der Waals surface area contributed by atoms with Crippen molar-refractivity contribution in [3.63, 3.8) is 0 Å². The molecule has 0 aliphatic rings. The monoisotopic (exact) mass is 221 g/mol. The number of nitrogens with one attached hydrogen (secondary N) is 1. The number of hydrogen-bond acceptors (Lipinski definition) is 3. The number of anilines is 1. The minimum atomic E-state index is -0.556. The van der Waals surface area contributed by atoms with Gasteiger partial charge in [-0.25, -0.2) is 0 Å². The van der Waals surface area contributed by atoms with Gasteiger partial charge in [0.2, 0.25) is 5.91 Å². The fraction of sp³-hybridized carbons (Fsp3) is 0.500. The van der Waals surface area contributed by atoms with Crippen LogP contribution >= 0.6 is 0 Å². The first-order valence-electron chi connectivity index (χ1n) is 5.44. The number of amides is 1. The van der Waals surface area contributed by atoms with Gasteiger partial charge in [-0.15, -0.1) is 0 Å². The maximum Gasteiger partial charge on any atom is 0.246 e. The summed E-state index contributed by atoms with van der Waals surface area (Å²) in [5.74, 6) is 0.0590. The lowest BCUT2D eigenvalue weighted by atomic mass is 10.0. The van der Waals surface area contributed by atoms with E-state index in [1.165, 1.54) is 0 Å². The fourth-order valence-corrected chi connectivity index (χ4v) is 1.41. The molecule has 1 rings (SSSR count). The standard InChI is InChI=1S/C12H19N3O/c1-5-15(10-6-8-14-9-7-10)11(16)12(2,3)13-4/h6-9,13H,5H2,1-4H3. The van der Waals surface area contributed by atoms with Crippen LogP contribution in [0, 0.1) is 0 Å². The number of likely N-dealkylation sites (N-methyl/N-ethyl adjacent to an activating group) is 2. The van der Waals surface area contributed by atoms with E-state index in [9.17, 15) is 4.79 Å². The highest BCUT2D eigenvalue weighted by Gasteiger charge is 2.30. The minimum absolute atomic E-state index is 0.0590. The zero-order valence-electron chi connectivity index (χ0n) is 10.3. The fourth-order valence-electron chi connectivity index (χ4n) is 1.41. The molecule has 0 atom stereocenters. The molecule has 0 unspecified atom stereocenters. The maximum absolute atomic E-state index is 12.3. The Balaban J connectivity index is 2.96. The van der Waals surface area contributed by atoms with Crippen molar-refractivity contribution >= 4 is 11.6 Å². The van der Waals surface area contributed by atoms with E-state index in [2.05, 4.69) is 10.3 Å². The van der Waals surface area contributed by atoms with E-state index in [1.807, 2.05) is 32.9 Å². The van der Waals surface area contributed by atoms with E-state index in [1.54, 1.807) is 24.3 Å². The summed E-state index contributed by atoms with van der Waals surface area (Å²) < 4.78 is 0. The van der Waals surface area contributed by atoms with E-state index in [-0.39, 0.29) is 5.91 Å². The molecule has 1 aromatic rings. The topological polar surface area (TPSA) is 45.2 Å². The molecule has 1 amide bonds. The van der Waals surface area contributed by atoms with Gasteiger partial charge in [-0.05, 0) is 40.0 Å². The van der Waals surface area contributed by atoms with E-state index in [0.717, 1.165) is 5.69 Å². The number of carbonyl (C=O) groups is 1. The zero-order chi connectivity index (χ0) is 12.2. The smallest absolute Gasteiger partial charge is 0.246 e. The van der Waals surface area contributed by atoms with Crippen LogP contribution in [0.15, 0.2) is 24.5 Å². The normalized spacial score (nSPS) is 11.2. The third-order valence-electron chi connectivity index (χ3n) is 2.70. The molecule has 88 valence electrons. The third-order valence-corrected chi connectivity index (χ3v) is 2.70. The molecule has 1 aromatic heterocycles. The van der Waals surface area contributed by atoms with Crippen molar-refractivity contribution in [2.75, 3.05) is 18.5 Å². The van der Waals surface area contributed by atoms with Gasteiger partial charge >= 0.3 is 0 Å². The first-order valence-corrected chi connectivity index (χ1v) is 5.44.